The lowest BCUT2D eigenvalue weighted by atomic mass is 10.0. The summed E-state index contributed by atoms with van der Waals surface area (Å²) >= 11 is 0. The van der Waals surface area contributed by atoms with Gasteiger partial charge in [0.1, 0.15) is 11.1 Å². The summed E-state index contributed by atoms with van der Waals surface area (Å²) in [7, 11) is 0. The van der Waals surface area contributed by atoms with E-state index in [2.05, 4.69) is 4.98 Å². The number of pyridine rings is 2. The highest BCUT2D eigenvalue weighted by molar-refractivity contribution is 5.91. The fourth-order valence-electron chi connectivity index (χ4n) is 3.27. The maximum atomic E-state index is 13.5. The molecular weight excluding hydrogens is 382 g/mol. The van der Waals surface area contributed by atoms with Crippen molar-refractivity contribution in [2.24, 2.45) is 5.92 Å². The third kappa shape index (κ3) is 4.02. The minimum Gasteiger partial charge on any atom is -0.477 e. The normalized spacial score (nSPS) is 12.5. The molecule has 1 unspecified atom stereocenters. The number of hydrogen-bond donors (Lipinski definition) is 2. The van der Waals surface area contributed by atoms with Crippen molar-refractivity contribution in [1.82, 2.24) is 9.55 Å². The van der Waals surface area contributed by atoms with Crippen molar-refractivity contribution >= 4 is 17.0 Å². The average molecular weight is 402 g/mol. The Labute approximate surface area is 165 Å². The molecule has 3 aromatic rings. The predicted octanol–water partition coefficient (Wildman–Crippen LogP) is 3.15. The summed E-state index contributed by atoms with van der Waals surface area (Å²) < 4.78 is 28.1. The summed E-state index contributed by atoms with van der Waals surface area (Å²) in [5.41, 5.74) is 0.0111. The van der Waals surface area contributed by atoms with E-state index in [0.717, 1.165) is 12.1 Å². The van der Waals surface area contributed by atoms with E-state index < -0.39 is 34.6 Å². The van der Waals surface area contributed by atoms with Crippen LogP contribution >= 0.6 is 0 Å². The van der Waals surface area contributed by atoms with Crippen LogP contribution in [0.4, 0.5) is 8.78 Å². The van der Waals surface area contributed by atoms with Gasteiger partial charge in [-0.25, -0.2) is 18.6 Å². The van der Waals surface area contributed by atoms with Gasteiger partial charge in [0.2, 0.25) is 5.43 Å². The molecule has 1 aromatic carbocycles. The number of aromatic nitrogens is 2. The number of carboxylic acids is 1. The predicted molar refractivity (Wildman–Crippen MR) is 103 cm³/mol. The molecule has 0 radical (unpaired) electrons. The molecule has 0 saturated heterocycles. The van der Waals surface area contributed by atoms with Crippen LogP contribution in [0.2, 0.25) is 0 Å². The Morgan fingerprint density at radius 1 is 1.17 bits per heavy atom. The molecule has 0 bridgehead atoms. The lowest BCUT2D eigenvalue weighted by Gasteiger charge is -2.24. The van der Waals surface area contributed by atoms with Crippen molar-refractivity contribution in [2.45, 2.75) is 26.3 Å². The Hall–Kier alpha value is -3.13. The van der Waals surface area contributed by atoms with Crippen LogP contribution in [0.25, 0.3) is 11.0 Å². The maximum absolute atomic E-state index is 13.5. The second-order valence-corrected chi connectivity index (χ2v) is 7.17. The Kier molecular flexibility index (Phi) is 5.74. The van der Waals surface area contributed by atoms with Gasteiger partial charge in [-0.15, -0.1) is 0 Å². The average Bonchev–Trinajstić information content (AvgIpc) is 2.66. The maximum Gasteiger partial charge on any atom is 0.341 e. The number of rotatable bonds is 6. The SMILES string of the molecule is CC(C)C(CO)n1cc(C(=O)O)c(=O)c2nc(Cc3ccc(F)c(F)c3)ccc21. The minimum atomic E-state index is -1.39. The third-order valence-electron chi connectivity index (χ3n) is 4.85. The Bertz CT molecular complexity index is 1140. The van der Waals surface area contributed by atoms with Crippen molar-refractivity contribution in [1.29, 1.82) is 0 Å². The Balaban J connectivity index is 2.18. The molecule has 29 heavy (non-hydrogen) atoms. The van der Waals surface area contributed by atoms with E-state index in [-0.39, 0.29) is 24.5 Å². The van der Waals surface area contributed by atoms with Gasteiger partial charge in [0, 0.05) is 18.3 Å². The van der Waals surface area contributed by atoms with Crippen molar-refractivity contribution in [3.8, 4) is 0 Å². The van der Waals surface area contributed by atoms with Crippen LogP contribution < -0.4 is 5.43 Å². The first-order valence-electron chi connectivity index (χ1n) is 9.05. The van der Waals surface area contributed by atoms with Crippen molar-refractivity contribution in [3.05, 3.63) is 75.2 Å². The standard InChI is InChI=1S/C21H20F2N2O4/c1-11(2)18(10-26)25-9-14(21(28)29)20(27)19-17(25)6-4-13(24-19)7-12-3-5-15(22)16(23)8-12/h3-6,8-9,11,18,26H,7,10H2,1-2H3,(H,28,29). The van der Waals surface area contributed by atoms with Gasteiger partial charge in [-0.1, -0.05) is 19.9 Å². The quantitative estimate of drug-likeness (QED) is 0.661. The van der Waals surface area contributed by atoms with Gasteiger partial charge in [0.25, 0.3) is 0 Å². The number of aromatic carboxylic acids is 1. The van der Waals surface area contributed by atoms with Gasteiger partial charge in [-0.2, -0.15) is 0 Å². The molecule has 1 atom stereocenters. The van der Waals surface area contributed by atoms with E-state index in [1.165, 1.54) is 12.3 Å². The van der Waals surface area contributed by atoms with E-state index in [9.17, 15) is 28.6 Å². The highest BCUT2D eigenvalue weighted by atomic mass is 19.2. The summed E-state index contributed by atoms with van der Waals surface area (Å²) in [5, 5.41) is 19.2. The number of fused-ring (bicyclic) bond motifs is 1. The van der Waals surface area contributed by atoms with E-state index in [0.29, 0.717) is 16.8 Å². The zero-order chi connectivity index (χ0) is 21.3. The van der Waals surface area contributed by atoms with Gasteiger partial charge in [-0.3, -0.25) is 4.79 Å². The molecule has 0 fully saturated rings. The first kappa shape index (κ1) is 20.6. The molecule has 0 aliphatic carbocycles. The van der Waals surface area contributed by atoms with Crippen LogP contribution in [0.5, 0.6) is 0 Å². The first-order valence-corrected chi connectivity index (χ1v) is 9.05. The molecule has 6 nitrogen and oxygen atoms in total. The number of halogens is 2. The molecular formula is C21H20F2N2O4. The lowest BCUT2D eigenvalue weighted by molar-refractivity contribution is 0.0694. The van der Waals surface area contributed by atoms with Gasteiger partial charge in [0.15, 0.2) is 11.6 Å². The van der Waals surface area contributed by atoms with Gasteiger partial charge in [-0.05, 0) is 35.7 Å². The van der Waals surface area contributed by atoms with E-state index in [1.807, 2.05) is 13.8 Å². The van der Waals surface area contributed by atoms with Gasteiger partial charge >= 0.3 is 5.97 Å². The number of benzene rings is 1. The topological polar surface area (TPSA) is 92.4 Å². The second kappa shape index (κ2) is 8.08. The third-order valence-corrected chi connectivity index (χ3v) is 4.85. The summed E-state index contributed by atoms with van der Waals surface area (Å²) in [4.78, 5) is 28.5. The molecule has 0 saturated carbocycles. The van der Waals surface area contributed by atoms with Crippen molar-refractivity contribution < 1.29 is 23.8 Å². The van der Waals surface area contributed by atoms with Crippen LogP contribution in [-0.4, -0.2) is 32.3 Å². The van der Waals surface area contributed by atoms with Crippen molar-refractivity contribution in [2.75, 3.05) is 6.61 Å². The van der Waals surface area contributed by atoms with E-state index in [1.54, 1.807) is 16.7 Å². The smallest absolute Gasteiger partial charge is 0.341 e. The summed E-state index contributed by atoms with van der Waals surface area (Å²) in [6.07, 6.45) is 1.36. The van der Waals surface area contributed by atoms with Gasteiger partial charge in [0.05, 0.1) is 18.2 Å². The molecule has 2 aromatic heterocycles. The van der Waals surface area contributed by atoms with Crippen LogP contribution in [-0.2, 0) is 6.42 Å². The zero-order valence-corrected chi connectivity index (χ0v) is 15.9. The number of carbonyl (C=O) groups is 1. The molecule has 152 valence electrons. The molecule has 3 rings (SSSR count). The molecule has 0 aliphatic rings. The molecule has 0 aliphatic heterocycles. The molecule has 0 amide bonds. The number of carboxylic acid groups (broad SMARTS) is 1. The fraction of sp³-hybridized carbons (Fsp3) is 0.286. The fourth-order valence-corrected chi connectivity index (χ4v) is 3.27. The van der Waals surface area contributed by atoms with Crippen LogP contribution in [0, 0.1) is 17.6 Å². The molecule has 8 heteroatoms. The molecule has 2 heterocycles. The molecule has 0 spiro atoms. The van der Waals surface area contributed by atoms with E-state index >= 15 is 0 Å². The molecule has 2 N–H and O–H groups in total. The van der Waals surface area contributed by atoms with E-state index in [4.69, 9.17) is 0 Å². The van der Waals surface area contributed by atoms with Gasteiger partial charge < -0.3 is 14.8 Å². The van der Waals surface area contributed by atoms with Crippen LogP contribution in [0.1, 0.15) is 41.5 Å². The summed E-state index contributed by atoms with van der Waals surface area (Å²) in [6.45, 7) is 3.50. The number of hydrogen-bond acceptors (Lipinski definition) is 4. The second-order valence-electron chi connectivity index (χ2n) is 7.17. The number of aliphatic hydroxyl groups is 1. The van der Waals surface area contributed by atoms with Crippen molar-refractivity contribution in [3.63, 3.8) is 0 Å². The lowest BCUT2D eigenvalue weighted by Crippen LogP contribution is -2.26. The first-order chi connectivity index (χ1) is 13.7. The monoisotopic (exact) mass is 402 g/mol. The number of nitrogens with zero attached hydrogens (tertiary/aromatic N) is 2. The Morgan fingerprint density at radius 3 is 2.48 bits per heavy atom. The zero-order valence-electron chi connectivity index (χ0n) is 15.9. The van der Waals surface area contributed by atoms with Crippen LogP contribution in [0.3, 0.4) is 0 Å². The summed E-state index contributed by atoms with van der Waals surface area (Å²) in [6, 6.07) is 6.28. The van der Waals surface area contributed by atoms with Crippen LogP contribution in [0.15, 0.2) is 41.3 Å². The largest absolute Gasteiger partial charge is 0.477 e. The Morgan fingerprint density at radius 2 is 1.90 bits per heavy atom. The highest BCUT2D eigenvalue weighted by Crippen LogP contribution is 2.23. The minimum absolute atomic E-state index is 0.0331. The summed E-state index contributed by atoms with van der Waals surface area (Å²) in [5.74, 6) is -3.37. The number of aliphatic hydroxyl groups excluding tert-OH is 1. The highest BCUT2D eigenvalue weighted by Gasteiger charge is 2.22.